The molecular weight excluding hydrogens is 447 g/mol. The molecule has 174 valence electrons. The quantitative estimate of drug-likeness (QED) is 0.538. The SMILES string of the molecule is COc1ccc2ncc(F)c(C[C@H](O)[C@@H]3CC[C@@H](NCc4cc5c(cn4)OCS5)CO3)c2n1. The number of thioether (sulfide) groups is 1. The highest BCUT2D eigenvalue weighted by molar-refractivity contribution is 7.99. The molecule has 1 saturated heterocycles. The molecular formula is C23H25FN4O4S. The van der Waals surface area contributed by atoms with Gasteiger partial charge in [0, 0.05) is 30.6 Å². The number of hydrogen-bond donors (Lipinski definition) is 2. The van der Waals surface area contributed by atoms with E-state index in [1.54, 1.807) is 30.1 Å². The molecule has 5 heterocycles. The molecule has 0 spiro atoms. The molecule has 0 saturated carbocycles. The van der Waals surface area contributed by atoms with Crippen LogP contribution in [0.1, 0.15) is 24.1 Å². The van der Waals surface area contributed by atoms with Crippen molar-refractivity contribution in [3.05, 3.63) is 47.7 Å². The third kappa shape index (κ3) is 4.89. The molecule has 8 nitrogen and oxygen atoms in total. The van der Waals surface area contributed by atoms with Gasteiger partial charge in [0.05, 0.1) is 59.9 Å². The van der Waals surface area contributed by atoms with Gasteiger partial charge in [-0.25, -0.2) is 9.37 Å². The second-order valence-corrected chi connectivity index (χ2v) is 9.10. The van der Waals surface area contributed by atoms with Crippen LogP contribution < -0.4 is 14.8 Å². The number of pyridine rings is 3. The summed E-state index contributed by atoms with van der Waals surface area (Å²) in [5.74, 6) is 1.35. The maximum atomic E-state index is 14.6. The molecule has 0 aliphatic carbocycles. The predicted molar refractivity (Wildman–Crippen MR) is 121 cm³/mol. The maximum absolute atomic E-state index is 14.6. The Morgan fingerprint density at radius 2 is 2.21 bits per heavy atom. The van der Waals surface area contributed by atoms with Gasteiger partial charge in [-0.2, -0.15) is 0 Å². The van der Waals surface area contributed by atoms with Gasteiger partial charge in [0.2, 0.25) is 5.88 Å². The van der Waals surface area contributed by atoms with Gasteiger partial charge in [-0.3, -0.25) is 9.97 Å². The van der Waals surface area contributed by atoms with Crippen molar-refractivity contribution in [3.63, 3.8) is 0 Å². The Balaban J connectivity index is 1.17. The third-order valence-corrected chi connectivity index (χ3v) is 6.86. The van der Waals surface area contributed by atoms with Crippen molar-refractivity contribution in [1.29, 1.82) is 0 Å². The second-order valence-electron chi connectivity index (χ2n) is 8.13. The van der Waals surface area contributed by atoms with Crippen LogP contribution in [0.4, 0.5) is 4.39 Å². The van der Waals surface area contributed by atoms with Crippen molar-refractivity contribution in [2.24, 2.45) is 0 Å². The largest absolute Gasteiger partial charge is 0.481 e. The molecule has 2 N–H and O–H groups in total. The van der Waals surface area contributed by atoms with Crippen LogP contribution >= 0.6 is 11.8 Å². The van der Waals surface area contributed by atoms with Gasteiger partial charge in [0.1, 0.15) is 11.8 Å². The van der Waals surface area contributed by atoms with Gasteiger partial charge >= 0.3 is 0 Å². The molecule has 33 heavy (non-hydrogen) atoms. The fourth-order valence-corrected chi connectivity index (χ4v) is 4.94. The molecule has 1 fully saturated rings. The van der Waals surface area contributed by atoms with Crippen molar-refractivity contribution in [1.82, 2.24) is 20.3 Å². The summed E-state index contributed by atoms with van der Waals surface area (Å²) < 4.78 is 31.1. The Hall–Kier alpha value is -2.53. The van der Waals surface area contributed by atoms with Crippen molar-refractivity contribution >= 4 is 22.8 Å². The van der Waals surface area contributed by atoms with E-state index >= 15 is 0 Å². The van der Waals surface area contributed by atoms with Crippen LogP contribution in [0.25, 0.3) is 11.0 Å². The van der Waals surface area contributed by atoms with Gasteiger partial charge in [-0.05, 0) is 25.0 Å². The van der Waals surface area contributed by atoms with E-state index in [2.05, 4.69) is 20.3 Å². The van der Waals surface area contributed by atoms with E-state index in [1.165, 1.54) is 7.11 Å². The van der Waals surface area contributed by atoms with E-state index in [0.29, 0.717) is 48.0 Å². The first-order valence-corrected chi connectivity index (χ1v) is 11.8. The minimum Gasteiger partial charge on any atom is -0.481 e. The number of aliphatic hydroxyl groups excluding tert-OH is 1. The van der Waals surface area contributed by atoms with Gasteiger partial charge in [-0.1, -0.05) is 11.8 Å². The van der Waals surface area contributed by atoms with Crippen LogP contribution in [0, 0.1) is 5.82 Å². The summed E-state index contributed by atoms with van der Waals surface area (Å²) in [5.41, 5.74) is 2.23. The number of nitrogens with zero attached hydrogens (tertiary/aromatic N) is 3. The lowest BCUT2D eigenvalue weighted by molar-refractivity contribution is -0.0719. The van der Waals surface area contributed by atoms with Crippen LogP contribution in [0.3, 0.4) is 0 Å². The molecule has 2 aliphatic heterocycles. The molecule has 3 aromatic heterocycles. The predicted octanol–water partition coefficient (Wildman–Crippen LogP) is 2.86. The minimum atomic E-state index is -0.852. The first-order valence-electron chi connectivity index (χ1n) is 10.9. The first-order chi connectivity index (χ1) is 16.1. The molecule has 2 aliphatic rings. The Bertz CT molecular complexity index is 1140. The van der Waals surface area contributed by atoms with Crippen molar-refractivity contribution in [2.75, 3.05) is 19.7 Å². The second kappa shape index (κ2) is 9.76. The summed E-state index contributed by atoms with van der Waals surface area (Å²) >= 11 is 1.67. The average molecular weight is 473 g/mol. The molecule has 0 radical (unpaired) electrons. The number of hydrogen-bond acceptors (Lipinski definition) is 9. The highest BCUT2D eigenvalue weighted by Crippen LogP contribution is 2.35. The Morgan fingerprint density at radius 3 is 3.03 bits per heavy atom. The first kappa shape index (κ1) is 22.3. The number of aliphatic hydroxyl groups is 1. The summed E-state index contributed by atoms with van der Waals surface area (Å²) in [6.07, 6.45) is 3.31. The zero-order valence-electron chi connectivity index (χ0n) is 18.2. The Morgan fingerprint density at radius 1 is 1.30 bits per heavy atom. The van der Waals surface area contributed by atoms with E-state index in [1.807, 2.05) is 6.07 Å². The molecule has 0 aromatic carbocycles. The van der Waals surface area contributed by atoms with Gasteiger partial charge in [0.15, 0.2) is 5.75 Å². The Kier molecular flexibility index (Phi) is 6.59. The molecule has 0 amide bonds. The standard InChI is InChI=1S/C23H25FN4O4S/c1-30-22-5-3-17-23(28-22)15(16(24)9-27-17)7-18(29)19-4-2-13(11-31-19)25-8-14-6-21-20(10-26-14)32-12-33-21/h3,5-6,9-10,13,18-19,25,29H,2,4,7-8,11-12H2,1H3/t13-,18+,19+/m1/s1. The molecule has 10 heteroatoms. The van der Waals surface area contributed by atoms with Crippen LogP contribution in [0.15, 0.2) is 35.5 Å². The lowest BCUT2D eigenvalue weighted by Crippen LogP contribution is -2.44. The summed E-state index contributed by atoms with van der Waals surface area (Å²) in [6.45, 7) is 1.10. The zero-order valence-corrected chi connectivity index (χ0v) is 19.0. The number of fused-ring (bicyclic) bond motifs is 2. The van der Waals surface area contributed by atoms with Crippen LogP contribution in [-0.2, 0) is 17.7 Å². The fraction of sp³-hybridized carbons (Fsp3) is 0.435. The monoisotopic (exact) mass is 472 g/mol. The number of aromatic nitrogens is 3. The van der Waals surface area contributed by atoms with E-state index < -0.39 is 11.9 Å². The van der Waals surface area contributed by atoms with Gasteiger partial charge < -0.3 is 24.6 Å². The topological polar surface area (TPSA) is 98.6 Å². The third-order valence-electron chi connectivity index (χ3n) is 5.99. The van der Waals surface area contributed by atoms with Crippen LogP contribution in [0.5, 0.6) is 11.6 Å². The van der Waals surface area contributed by atoms with Crippen LogP contribution in [-0.4, -0.2) is 58.0 Å². The van der Waals surface area contributed by atoms with Crippen molar-refractivity contribution in [3.8, 4) is 11.6 Å². The highest BCUT2D eigenvalue weighted by atomic mass is 32.2. The number of methoxy groups -OCH3 is 1. The van der Waals surface area contributed by atoms with E-state index in [0.717, 1.165) is 29.0 Å². The average Bonchev–Trinajstić information content (AvgIpc) is 3.32. The number of ether oxygens (including phenoxy) is 3. The summed E-state index contributed by atoms with van der Waals surface area (Å²) in [4.78, 5) is 14.0. The fourth-order valence-electron chi connectivity index (χ4n) is 4.15. The number of nitrogens with one attached hydrogen (secondary N) is 1. The summed E-state index contributed by atoms with van der Waals surface area (Å²) in [5, 5.41) is 14.3. The molecule has 0 bridgehead atoms. The lowest BCUT2D eigenvalue weighted by atomic mass is 9.96. The molecule has 3 aromatic rings. The van der Waals surface area contributed by atoms with E-state index in [9.17, 15) is 9.50 Å². The number of rotatable bonds is 7. The summed E-state index contributed by atoms with van der Waals surface area (Å²) in [7, 11) is 1.50. The van der Waals surface area contributed by atoms with Gasteiger partial charge in [0.25, 0.3) is 0 Å². The highest BCUT2D eigenvalue weighted by Gasteiger charge is 2.29. The molecule has 3 atom stereocenters. The lowest BCUT2D eigenvalue weighted by Gasteiger charge is -2.32. The normalized spacial score (nSPS) is 20.9. The number of halogens is 1. The van der Waals surface area contributed by atoms with Crippen LogP contribution in [0.2, 0.25) is 0 Å². The van der Waals surface area contributed by atoms with Gasteiger partial charge in [-0.15, -0.1) is 0 Å². The zero-order chi connectivity index (χ0) is 22.8. The van der Waals surface area contributed by atoms with E-state index in [-0.39, 0.29) is 18.6 Å². The molecule has 5 rings (SSSR count). The van der Waals surface area contributed by atoms with Crippen molar-refractivity contribution < 1.29 is 23.7 Å². The Labute approximate surface area is 194 Å². The van der Waals surface area contributed by atoms with E-state index in [4.69, 9.17) is 14.2 Å². The maximum Gasteiger partial charge on any atom is 0.213 e. The smallest absolute Gasteiger partial charge is 0.213 e. The summed E-state index contributed by atoms with van der Waals surface area (Å²) in [6, 6.07) is 5.62. The minimum absolute atomic E-state index is 0.0898. The van der Waals surface area contributed by atoms with Crippen molar-refractivity contribution in [2.45, 2.75) is 49.0 Å². The molecule has 0 unspecified atom stereocenters.